The van der Waals surface area contributed by atoms with Crippen molar-refractivity contribution in [2.24, 2.45) is 0 Å². The van der Waals surface area contributed by atoms with Gasteiger partial charge in [0.05, 0.1) is 12.4 Å². The molecule has 0 radical (unpaired) electrons. The second-order valence-electron chi connectivity index (χ2n) is 3.38. The van der Waals surface area contributed by atoms with E-state index in [1.807, 2.05) is 12.1 Å². The zero-order chi connectivity index (χ0) is 12.5. The molecule has 0 atom stereocenters. The van der Waals surface area contributed by atoms with Crippen LogP contribution in [0.1, 0.15) is 5.56 Å². The molecule has 0 aliphatic heterocycles. The Bertz CT molecular complexity index is 343. The van der Waals surface area contributed by atoms with Crippen molar-refractivity contribution in [2.45, 2.75) is 5.75 Å². The lowest BCUT2D eigenvalue weighted by Crippen LogP contribution is -2.26. The predicted molar refractivity (Wildman–Crippen MR) is 76.0 cm³/mol. The molecule has 0 spiro atoms. The van der Waals surface area contributed by atoms with Gasteiger partial charge in [-0.15, -0.1) is 0 Å². The molecule has 0 aliphatic carbocycles. The summed E-state index contributed by atoms with van der Waals surface area (Å²) < 4.78 is 5.09. The number of nitrogens with one attached hydrogen (secondary N) is 1. The fourth-order valence-electron chi connectivity index (χ4n) is 1.22. The molecule has 1 aromatic carbocycles. The maximum atomic E-state index is 10.9. The van der Waals surface area contributed by atoms with E-state index in [2.05, 4.69) is 33.4 Å². The highest BCUT2D eigenvalue weighted by atomic mass is 79.9. The van der Waals surface area contributed by atoms with Gasteiger partial charge in [0.1, 0.15) is 5.75 Å². The van der Waals surface area contributed by atoms with Crippen LogP contribution in [0.3, 0.4) is 0 Å². The molecule has 17 heavy (non-hydrogen) atoms. The average Bonchev–Trinajstić information content (AvgIpc) is 2.38. The molecule has 3 nitrogen and oxygen atoms in total. The van der Waals surface area contributed by atoms with E-state index < -0.39 is 0 Å². The summed E-state index contributed by atoms with van der Waals surface area (Å²) in [5.74, 6) is 2.79. The topological polar surface area (TPSA) is 38.3 Å². The molecule has 0 saturated heterocycles. The number of amides is 1. The number of hydrogen-bond acceptors (Lipinski definition) is 3. The molecule has 0 saturated carbocycles. The normalized spacial score (nSPS) is 10.0. The van der Waals surface area contributed by atoms with Gasteiger partial charge in [0.25, 0.3) is 0 Å². The number of halogens is 1. The Balaban J connectivity index is 2.15. The Morgan fingerprint density at radius 2 is 2.12 bits per heavy atom. The van der Waals surface area contributed by atoms with E-state index in [4.69, 9.17) is 4.74 Å². The van der Waals surface area contributed by atoms with Crippen LogP contribution in [-0.2, 0) is 10.5 Å². The summed E-state index contributed by atoms with van der Waals surface area (Å²) in [6, 6.07) is 8.04. The number of alkyl halides is 1. The number of carbonyl (C=O) groups is 1. The molecule has 0 aliphatic rings. The van der Waals surface area contributed by atoms with Gasteiger partial charge in [-0.1, -0.05) is 28.1 Å². The Morgan fingerprint density at radius 3 is 2.71 bits per heavy atom. The van der Waals surface area contributed by atoms with E-state index in [9.17, 15) is 4.79 Å². The van der Waals surface area contributed by atoms with Crippen molar-refractivity contribution < 1.29 is 9.53 Å². The molecule has 1 N–H and O–H groups in total. The third-order valence-corrected chi connectivity index (χ3v) is 3.66. The number of carbonyl (C=O) groups excluding carboxylic acids is 1. The van der Waals surface area contributed by atoms with Gasteiger partial charge < -0.3 is 10.1 Å². The predicted octanol–water partition coefficient (Wildman–Crippen LogP) is 2.44. The van der Waals surface area contributed by atoms with Crippen LogP contribution in [0.2, 0.25) is 0 Å². The fourth-order valence-corrected chi connectivity index (χ4v) is 2.24. The van der Waals surface area contributed by atoms with E-state index in [0.717, 1.165) is 17.3 Å². The van der Waals surface area contributed by atoms with Crippen LogP contribution >= 0.6 is 27.7 Å². The van der Waals surface area contributed by atoms with Crippen molar-refractivity contribution in [3.8, 4) is 5.75 Å². The first-order valence-corrected chi connectivity index (χ1v) is 7.57. The summed E-state index contributed by atoms with van der Waals surface area (Å²) in [5, 5.41) is 3.18. The van der Waals surface area contributed by atoms with Crippen LogP contribution < -0.4 is 10.1 Å². The van der Waals surface area contributed by atoms with Gasteiger partial charge >= 0.3 is 0 Å². The van der Waals surface area contributed by atoms with Gasteiger partial charge in [0.15, 0.2) is 0 Å². The van der Waals surface area contributed by atoms with E-state index in [0.29, 0.717) is 11.9 Å². The summed E-state index contributed by atoms with van der Waals surface area (Å²) in [6.07, 6.45) is 0. The third-order valence-electron chi connectivity index (χ3n) is 2.12. The first-order chi connectivity index (χ1) is 8.26. The Morgan fingerprint density at radius 1 is 1.41 bits per heavy atom. The van der Waals surface area contributed by atoms with E-state index in [1.54, 1.807) is 18.9 Å². The molecule has 0 aromatic heterocycles. The lowest BCUT2D eigenvalue weighted by molar-refractivity contribution is -0.118. The van der Waals surface area contributed by atoms with Crippen LogP contribution in [0.15, 0.2) is 24.3 Å². The monoisotopic (exact) mass is 317 g/mol. The molecule has 1 rings (SSSR count). The smallest absolute Gasteiger partial charge is 0.230 e. The quantitative estimate of drug-likeness (QED) is 0.620. The van der Waals surface area contributed by atoms with Crippen molar-refractivity contribution >= 4 is 33.6 Å². The van der Waals surface area contributed by atoms with Gasteiger partial charge in [0, 0.05) is 18.1 Å². The SMILES string of the molecule is COc1ccc(CSCCNC(=O)CBr)cc1. The van der Waals surface area contributed by atoms with E-state index in [-0.39, 0.29) is 5.91 Å². The zero-order valence-electron chi connectivity index (χ0n) is 9.74. The molecule has 0 unspecified atom stereocenters. The lowest BCUT2D eigenvalue weighted by Gasteiger charge is -2.04. The maximum absolute atomic E-state index is 10.9. The minimum absolute atomic E-state index is 0.0371. The molecule has 94 valence electrons. The summed E-state index contributed by atoms with van der Waals surface area (Å²) >= 11 is 4.90. The van der Waals surface area contributed by atoms with E-state index >= 15 is 0 Å². The molecule has 0 bridgehead atoms. The van der Waals surface area contributed by atoms with Crippen molar-refractivity contribution in [1.29, 1.82) is 0 Å². The molecule has 0 heterocycles. The first-order valence-electron chi connectivity index (χ1n) is 5.29. The van der Waals surface area contributed by atoms with Gasteiger partial charge in [-0.3, -0.25) is 4.79 Å². The average molecular weight is 318 g/mol. The number of benzene rings is 1. The molecule has 0 fully saturated rings. The second-order valence-corrected chi connectivity index (χ2v) is 5.05. The van der Waals surface area contributed by atoms with Crippen molar-refractivity contribution in [1.82, 2.24) is 5.32 Å². The standard InChI is InChI=1S/C12H16BrNO2S/c1-16-11-4-2-10(3-5-11)9-17-7-6-14-12(15)8-13/h2-5H,6-9H2,1H3,(H,14,15). The zero-order valence-corrected chi connectivity index (χ0v) is 12.1. The van der Waals surface area contributed by atoms with Crippen LogP contribution in [0, 0.1) is 0 Å². The van der Waals surface area contributed by atoms with Gasteiger partial charge in [-0.05, 0) is 17.7 Å². The second kappa shape index (κ2) is 8.42. The Labute approximate surface area is 114 Å². The van der Waals surface area contributed by atoms with Gasteiger partial charge in [-0.2, -0.15) is 11.8 Å². The van der Waals surface area contributed by atoms with Crippen molar-refractivity contribution in [2.75, 3.05) is 24.7 Å². The summed E-state index contributed by atoms with van der Waals surface area (Å²) in [5.41, 5.74) is 1.27. The molecular weight excluding hydrogens is 302 g/mol. The number of methoxy groups -OCH3 is 1. The Kier molecular flexibility index (Phi) is 7.12. The Hall–Kier alpha value is -0.680. The number of ether oxygens (including phenoxy) is 1. The van der Waals surface area contributed by atoms with E-state index in [1.165, 1.54) is 5.56 Å². The minimum Gasteiger partial charge on any atom is -0.497 e. The van der Waals surface area contributed by atoms with Crippen molar-refractivity contribution in [3.63, 3.8) is 0 Å². The number of rotatable bonds is 7. The minimum atomic E-state index is 0.0371. The fraction of sp³-hybridized carbons (Fsp3) is 0.417. The van der Waals surface area contributed by atoms with Crippen LogP contribution in [0.4, 0.5) is 0 Å². The van der Waals surface area contributed by atoms with Crippen molar-refractivity contribution in [3.05, 3.63) is 29.8 Å². The summed E-state index contributed by atoms with van der Waals surface area (Å²) in [6.45, 7) is 0.714. The molecule has 1 aromatic rings. The van der Waals surface area contributed by atoms with Crippen LogP contribution in [0.5, 0.6) is 5.75 Å². The molecule has 5 heteroatoms. The molecular formula is C12H16BrNO2S. The number of hydrogen-bond donors (Lipinski definition) is 1. The van der Waals surface area contributed by atoms with Gasteiger partial charge in [0.2, 0.25) is 5.91 Å². The maximum Gasteiger partial charge on any atom is 0.230 e. The van der Waals surface area contributed by atoms with Crippen LogP contribution in [-0.4, -0.2) is 30.6 Å². The number of thioether (sulfide) groups is 1. The highest BCUT2D eigenvalue weighted by molar-refractivity contribution is 9.09. The van der Waals surface area contributed by atoms with Gasteiger partial charge in [-0.25, -0.2) is 0 Å². The first kappa shape index (κ1) is 14.4. The molecule has 1 amide bonds. The summed E-state index contributed by atoms with van der Waals surface area (Å²) in [4.78, 5) is 10.9. The lowest BCUT2D eigenvalue weighted by atomic mass is 10.2. The highest BCUT2D eigenvalue weighted by Crippen LogP contribution is 2.16. The summed E-state index contributed by atoms with van der Waals surface area (Å²) in [7, 11) is 1.66. The largest absolute Gasteiger partial charge is 0.497 e. The highest BCUT2D eigenvalue weighted by Gasteiger charge is 1.97. The van der Waals surface area contributed by atoms with Crippen LogP contribution in [0.25, 0.3) is 0 Å². The third kappa shape index (κ3) is 5.98.